The molecule has 1 saturated carbocycles. The van der Waals surface area contributed by atoms with E-state index in [1.807, 2.05) is 25.2 Å². The molecule has 6 aromatic rings. The maximum absolute atomic E-state index is 14.9. The van der Waals surface area contributed by atoms with Crippen LogP contribution in [0.15, 0.2) is 78.2 Å². The predicted molar refractivity (Wildman–Crippen MR) is 194 cm³/mol. The van der Waals surface area contributed by atoms with Crippen molar-refractivity contribution in [3.63, 3.8) is 0 Å². The Bertz CT molecular complexity index is 2680. The van der Waals surface area contributed by atoms with Crippen LogP contribution >= 0.6 is 11.6 Å². The van der Waals surface area contributed by atoms with Gasteiger partial charge in [0.1, 0.15) is 4.75 Å². The minimum absolute atomic E-state index is 0.0208. The average molecular weight is 745 g/mol. The van der Waals surface area contributed by atoms with Crippen LogP contribution in [-0.4, -0.2) is 86.3 Å². The van der Waals surface area contributed by atoms with Crippen LogP contribution in [0.25, 0.3) is 44.3 Å². The molecule has 1 spiro atoms. The fourth-order valence-electron chi connectivity index (χ4n) is 8.05. The lowest BCUT2D eigenvalue weighted by Crippen LogP contribution is -2.45. The minimum Gasteiger partial charge on any atom is -0.313 e. The first kappa shape index (κ1) is 32.3. The summed E-state index contributed by atoms with van der Waals surface area (Å²) in [5.74, 6) is -0.289. The molecule has 2 aromatic carbocycles. The summed E-state index contributed by atoms with van der Waals surface area (Å²) in [7, 11) is -2.88. The van der Waals surface area contributed by atoms with E-state index in [2.05, 4.69) is 10.2 Å². The van der Waals surface area contributed by atoms with Gasteiger partial charge in [-0.2, -0.15) is 14.5 Å². The maximum atomic E-state index is 14.9. The van der Waals surface area contributed by atoms with E-state index in [9.17, 15) is 21.6 Å². The van der Waals surface area contributed by atoms with Crippen molar-refractivity contribution in [1.29, 1.82) is 0 Å². The zero-order valence-electron chi connectivity index (χ0n) is 28.0. The lowest BCUT2D eigenvalue weighted by Gasteiger charge is -2.26. The number of pyridine rings is 1. The summed E-state index contributed by atoms with van der Waals surface area (Å²) in [5, 5.41) is 10.1. The van der Waals surface area contributed by atoms with Crippen molar-refractivity contribution in [2.45, 2.75) is 34.3 Å². The molecule has 0 bridgehead atoms. The largest absolute Gasteiger partial charge is 0.313 e. The Morgan fingerprint density at radius 2 is 1.67 bits per heavy atom. The number of halogens is 1. The molecule has 1 saturated heterocycles. The summed E-state index contributed by atoms with van der Waals surface area (Å²) in [6.45, 7) is 0.0302. The van der Waals surface area contributed by atoms with Crippen LogP contribution in [0.4, 0.5) is 5.69 Å². The van der Waals surface area contributed by atoms with E-state index >= 15 is 0 Å². The molecule has 2 aliphatic heterocycles. The highest BCUT2D eigenvalue weighted by Crippen LogP contribution is 2.56. The highest BCUT2D eigenvalue weighted by atomic mass is 35.5. The molecule has 6 heterocycles. The van der Waals surface area contributed by atoms with E-state index in [-0.39, 0.29) is 41.8 Å². The molecular formula is C35H33ClN8O5S2. The minimum atomic E-state index is -4.31. The second-order valence-corrected chi connectivity index (χ2v) is 18.2. The van der Waals surface area contributed by atoms with Crippen LogP contribution in [0.5, 0.6) is 0 Å². The van der Waals surface area contributed by atoms with Crippen molar-refractivity contribution in [2.75, 3.05) is 30.9 Å². The number of fused-ring (bicyclic) bond motifs is 5. The molecular weight excluding hydrogens is 712 g/mol. The van der Waals surface area contributed by atoms with E-state index in [1.165, 1.54) is 31.5 Å². The fraction of sp³-hybridized carbons (Fsp3) is 0.314. The van der Waals surface area contributed by atoms with Gasteiger partial charge in [-0.3, -0.25) is 14.2 Å². The summed E-state index contributed by atoms with van der Waals surface area (Å²) in [4.78, 5) is 20.9. The van der Waals surface area contributed by atoms with E-state index in [0.29, 0.717) is 51.9 Å². The fourth-order valence-corrected chi connectivity index (χ4v) is 12.3. The van der Waals surface area contributed by atoms with E-state index in [1.54, 1.807) is 60.2 Å². The Hall–Kier alpha value is -4.57. The third kappa shape index (κ3) is 4.28. The first-order valence-corrected chi connectivity index (χ1v) is 19.9. The van der Waals surface area contributed by atoms with Gasteiger partial charge in [0.25, 0.3) is 10.0 Å². The van der Waals surface area contributed by atoms with Crippen LogP contribution in [0, 0.1) is 0 Å². The molecule has 4 aromatic heterocycles. The first-order valence-electron chi connectivity index (χ1n) is 16.5. The third-order valence-corrected chi connectivity index (χ3v) is 16.0. The highest BCUT2D eigenvalue weighted by molar-refractivity contribution is 7.91. The SMILES string of the molecule is CN1C(=O)C2(CCN(S(=O)(=O)C3(CCl)CC3)C2)c2c1cnc1c2c(-c2ccc3c(cnn3C)c2)c(-c2cnn(C)c2)n1S(=O)(=O)c1ccccc1. The van der Waals surface area contributed by atoms with Crippen LogP contribution in [0.2, 0.25) is 0 Å². The topological polar surface area (TPSA) is 145 Å². The number of aromatic nitrogens is 6. The molecule has 1 aliphatic carbocycles. The Labute approximate surface area is 299 Å². The van der Waals surface area contributed by atoms with Crippen molar-refractivity contribution in [1.82, 2.24) is 32.8 Å². The van der Waals surface area contributed by atoms with Gasteiger partial charge in [0, 0.05) is 73.8 Å². The molecule has 0 radical (unpaired) electrons. The number of likely N-dealkylation sites (N-methyl/N-ethyl adjacent to an activating group) is 1. The zero-order chi connectivity index (χ0) is 35.7. The number of benzene rings is 2. The monoisotopic (exact) mass is 744 g/mol. The van der Waals surface area contributed by atoms with Gasteiger partial charge in [-0.05, 0) is 49.1 Å². The van der Waals surface area contributed by atoms with Gasteiger partial charge in [-0.15, -0.1) is 11.6 Å². The van der Waals surface area contributed by atoms with Crippen LogP contribution < -0.4 is 4.90 Å². The summed E-state index contributed by atoms with van der Waals surface area (Å²) in [6, 6.07) is 13.9. The number of carbonyl (C=O) groups excluding carboxylic acids is 1. The Kier molecular flexibility index (Phi) is 6.80. The van der Waals surface area contributed by atoms with Crippen molar-refractivity contribution >= 4 is 65.2 Å². The lowest BCUT2D eigenvalue weighted by atomic mass is 9.78. The van der Waals surface area contributed by atoms with Crippen LogP contribution in [0.3, 0.4) is 0 Å². The lowest BCUT2D eigenvalue weighted by molar-refractivity contribution is -0.122. The Morgan fingerprint density at radius 1 is 0.902 bits per heavy atom. The molecule has 13 nitrogen and oxygen atoms in total. The number of carbonyl (C=O) groups is 1. The highest BCUT2D eigenvalue weighted by Gasteiger charge is 2.62. The van der Waals surface area contributed by atoms with E-state index < -0.39 is 30.2 Å². The predicted octanol–water partition coefficient (Wildman–Crippen LogP) is 4.25. The molecule has 1 atom stereocenters. The Balaban J connectivity index is 1.41. The number of hydrogen-bond donors (Lipinski definition) is 0. The number of sulfonamides is 1. The second-order valence-electron chi connectivity index (χ2n) is 13.8. The molecule has 1 unspecified atom stereocenters. The summed E-state index contributed by atoms with van der Waals surface area (Å²) in [6.07, 6.45) is 7.77. The average Bonchev–Trinajstić information content (AvgIpc) is 3.46. The van der Waals surface area contributed by atoms with Gasteiger partial charge in [-0.1, -0.05) is 24.3 Å². The summed E-state index contributed by atoms with van der Waals surface area (Å²) < 4.78 is 62.8. The number of alkyl halides is 1. The first-order chi connectivity index (χ1) is 24.3. The standard InChI is InChI=1S/C35H33ClN8O5S2/c1-40-19-24(17-38-40)31-28(22-9-10-26-23(15-22)16-39-42(26)3)29-30-27(18-37-32(29)44(31)50(46,47)25-7-5-4-6-8-25)41(2)33(45)35(30)13-14-43(21-35)51(48,49)34(20-36)11-12-34/h4-10,15-19H,11-14,20-21H2,1-3H3. The number of rotatable bonds is 7. The normalized spacial score (nSPS) is 20.3. The van der Waals surface area contributed by atoms with Crippen molar-refractivity contribution < 1.29 is 21.6 Å². The second kappa shape index (κ2) is 10.7. The van der Waals surface area contributed by atoms with Gasteiger partial charge < -0.3 is 4.90 Å². The molecule has 0 N–H and O–H groups in total. The van der Waals surface area contributed by atoms with Crippen molar-refractivity contribution in [3.8, 4) is 22.4 Å². The van der Waals surface area contributed by atoms with Gasteiger partial charge in [0.2, 0.25) is 15.9 Å². The van der Waals surface area contributed by atoms with Crippen LogP contribution in [-0.2, 0) is 44.4 Å². The maximum Gasteiger partial charge on any atom is 0.269 e. The quantitative estimate of drug-likeness (QED) is 0.221. The molecule has 2 fully saturated rings. The summed E-state index contributed by atoms with van der Waals surface area (Å²) in [5.41, 5.74) is 2.81. The molecule has 51 heavy (non-hydrogen) atoms. The van der Waals surface area contributed by atoms with Crippen LogP contribution in [0.1, 0.15) is 24.8 Å². The Morgan fingerprint density at radius 3 is 2.35 bits per heavy atom. The number of aryl methyl sites for hydroxylation is 2. The van der Waals surface area contributed by atoms with Crippen molar-refractivity contribution in [2.24, 2.45) is 14.1 Å². The van der Waals surface area contributed by atoms with Gasteiger partial charge in [-0.25, -0.2) is 25.8 Å². The van der Waals surface area contributed by atoms with E-state index in [0.717, 1.165) is 10.9 Å². The van der Waals surface area contributed by atoms with Gasteiger partial charge in [0.05, 0.1) is 45.8 Å². The van der Waals surface area contributed by atoms with Gasteiger partial charge >= 0.3 is 0 Å². The smallest absolute Gasteiger partial charge is 0.269 e. The number of anilines is 1. The molecule has 3 aliphatic rings. The molecule has 262 valence electrons. The molecule has 1 amide bonds. The zero-order valence-corrected chi connectivity index (χ0v) is 30.4. The number of nitrogens with zero attached hydrogens (tertiary/aromatic N) is 8. The summed E-state index contributed by atoms with van der Waals surface area (Å²) >= 11 is 6.22. The number of amides is 1. The third-order valence-electron chi connectivity index (χ3n) is 10.9. The molecule has 9 rings (SSSR count). The van der Waals surface area contributed by atoms with E-state index in [4.69, 9.17) is 16.6 Å². The number of hydrogen-bond acceptors (Lipinski definition) is 8. The van der Waals surface area contributed by atoms with Gasteiger partial charge in [0.15, 0.2) is 5.65 Å². The molecule has 16 heteroatoms. The van der Waals surface area contributed by atoms with Crippen molar-refractivity contribution in [3.05, 3.63) is 78.9 Å².